The van der Waals surface area contributed by atoms with E-state index in [1.54, 1.807) is 12.3 Å². The lowest BCUT2D eigenvalue weighted by Crippen LogP contribution is -2.32. The van der Waals surface area contributed by atoms with Gasteiger partial charge in [0.15, 0.2) is 5.78 Å². The van der Waals surface area contributed by atoms with Crippen LogP contribution in [-0.2, 0) is 0 Å². The number of rotatable bonds is 7. The largest absolute Gasteiger partial charge is 0.356 e. The Labute approximate surface area is 108 Å². The van der Waals surface area contributed by atoms with Gasteiger partial charge in [-0.2, -0.15) is 0 Å². The molecule has 0 bridgehead atoms. The standard InChI is InChI=1S/C14H22N2O2/c1-4-6-8-16(7-5-2)14(18)13-9-12(10-15-13)11(3)17/h9-10,15H,4-8H2,1-3H3. The minimum atomic E-state index is -0.0269. The van der Waals surface area contributed by atoms with Crippen LogP contribution in [-0.4, -0.2) is 34.7 Å². The summed E-state index contributed by atoms with van der Waals surface area (Å²) in [6.45, 7) is 7.20. The summed E-state index contributed by atoms with van der Waals surface area (Å²) in [5, 5.41) is 0. The smallest absolute Gasteiger partial charge is 0.270 e. The molecule has 4 heteroatoms. The fourth-order valence-corrected chi connectivity index (χ4v) is 1.83. The van der Waals surface area contributed by atoms with Crippen LogP contribution in [0.25, 0.3) is 0 Å². The Balaban J connectivity index is 2.77. The molecule has 100 valence electrons. The molecule has 4 nitrogen and oxygen atoms in total. The molecule has 0 fully saturated rings. The van der Waals surface area contributed by atoms with Gasteiger partial charge in [0.05, 0.1) is 0 Å². The van der Waals surface area contributed by atoms with E-state index in [4.69, 9.17) is 0 Å². The van der Waals surface area contributed by atoms with Gasteiger partial charge in [0.25, 0.3) is 5.91 Å². The molecule has 0 spiro atoms. The van der Waals surface area contributed by atoms with E-state index >= 15 is 0 Å². The van der Waals surface area contributed by atoms with Crippen molar-refractivity contribution in [3.8, 4) is 0 Å². The van der Waals surface area contributed by atoms with Crippen LogP contribution in [0, 0.1) is 0 Å². The number of carbonyl (C=O) groups is 2. The number of amides is 1. The van der Waals surface area contributed by atoms with E-state index in [0.29, 0.717) is 11.3 Å². The van der Waals surface area contributed by atoms with Gasteiger partial charge in [0, 0.05) is 24.8 Å². The summed E-state index contributed by atoms with van der Waals surface area (Å²) in [7, 11) is 0. The second-order valence-electron chi connectivity index (χ2n) is 4.50. The number of H-pyrrole nitrogens is 1. The third kappa shape index (κ3) is 3.72. The molecule has 18 heavy (non-hydrogen) atoms. The molecule has 1 aromatic heterocycles. The molecule has 0 radical (unpaired) electrons. The van der Waals surface area contributed by atoms with Crippen LogP contribution in [0.15, 0.2) is 12.3 Å². The Kier molecular flexibility index (Phi) is 5.62. The maximum absolute atomic E-state index is 12.3. The van der Waals surface area contributed by atoms with Gasteiger partial charge in [0.1, 0.15) is 5.69 Å². The number of hydrogen-bond donors (Lipinski definition) is 1. The number of ketones is 1. The Hall–Kier alpha value is -1.58. The van der Waals surface area contributed by atoms with Crippen molar-refractivity contribution >= 4 is 11.7 Å². The fourth-order valence-electron chi connectivity index (χ4n) is 1.83. The summed E-state index contributed by atoms with van der Waals surface area (Å²) >= 11 is 0. The average Bonchev–Trinajstić information content (AvgIpc) is 2.83. The van der Waals surface area contributed by atoms with E-state index < -0.39 is 0 Å². The molecular weight excluding hydrogens is 228 g/mol. The number of unbranched alkanes of at least 4 members (excludes halogenated alkanes) is 1. The van der Waals surface area contributed by atoms with Crippen LogP contribution in [0.2, 0.25) is 0 Å². The van der Waals surface area contributed by atoms with Crippen molar-refractivity contribution in [3.63, 3.8) is 0 Å². The van der Waals surface area contributed by atoms with Gasteiger partial charge >= 0.3 is 0 Å². The quantitative estimate of drug-likeness (QED) is 0.756. The van der Waals surface area contributed by atoms with Gasteiger partial charge in [-0.05, 0) is 25.8 Å². The van der Waals surface area contributed by atoms with Crippen LogP contribution in [0.3, 0.4) is 0 Å². The van der Waals surface area contributed by atoms with E-state index in [0.717, 1.165) is 32.4 Å². The maximum Gasteiger partial charge on any atom is 0.270 e. The molecule has 1 N–H and O–H groups in total. The van der Waals surface area contributed by atoms with Crippen molar-refractivity contribution in [1.82, 2.24) is 9.88 Å². The first kappa shape index (κ1) is 14.5. The van der Waals surface area contributed by atoms with Crippen molar-refractivity contribution in [2.75, 3.05) is 13.1 Å². The molecule has 0 unspecified atom stereocenters. The highest BCUT2D eigenvalue weighted by Gasteiger charge is 2.17. The molecule has 1 amide bonds. The van der Waals surface area contributed by atoms with Crippen LogP contribution < -0.4 is 0 Å². The zero-order chi connectivity index (χ0) is 13.5. The zero-order valence-electron chi connectivity index (χ0n) is 11.5. The Morgan fingerprint density at radius 1 is 1.22 bits per heavy atom. The van der Waals surface area contributed by atoms with E-state index in [9.17, 15) is 9.59 Å². The number of carbonyl (C=O) groups excluding carboxylic acids is 2. The lowest BCUT2D eigenvalue weighted by molar-refractivity contribution is 0.0748. The van der Waals surface area contributed by atoms with E-state index in [-0.39, 0.29) is 11.7 Å². The van der Waals surface area contributed by atoms with E-state index in [2.05, 4.69) is 18.8 Å². The Morgan fingerprint density at radius 3 is 2.44 bits per heavy atom. The van der Waals surface area contributed by atoms with Crippen molar-refractivity contribution < 1.29 is 9.59 Å². The highest BCUT2D eigenvalue weighted by atomic mass is 16.2. The van der Waals surface area contributed by atoms with E-state index in [1.807, 2.05) is 4.90 Å². The van der Waals surface area contributed by atoms with Crippen LogP contribution in [0.5, 0.6) is 0 Å². The first-order valence-corrected chi connectivity index (χ1v) is 6.58. The normalized spacial score (nSPS) is 10.4. The molecule has 0 aliphatic carbocycles. The Bertz CT molecular complexity index is 410. The number of aromatic amines is 1. The average molecular weight is 250 g/mol. The third-order valence-electron chi connectivity index (χ3n) is 2.88. The monoisotopic (exact) mass is 250 g/mol. The number of hydrogen-bond acceptors (Lipinski definition) is 2. The molecule has 1 heterocycles. The summed E-state index contributed by atoms with van der Waals surface area (Å²) in [6.07, 6.45) is 4.61. The summed E-state index contributed by atoms with van der Waals surface area (Å²) in [5.41, 5.74) is 1.06. The molecule has 0 saturated carbocycles. The number of nitrogens with zero attached hydrogens (tertiary/aromatic N) is 1. The first-order valence-electron chi connectivity index (χ1n) is 6.58. The van der Waals surface area contributed by atoms with Crippen LogP contribution >= 0.6 is 0 Å². The highest BCUT2D eigenvalue weighted by Crippen LogP contribution is 2.09. The summed E-state index contributed by atoms with van der Waals surface area (Å²) in [6, 6.07) is 1.64. The van der Waals surface area contributed by atoms with Crippen molar-refractivity contribution in [3.05, 3.63) is 23.5 Å². The lowest BCUT2D eigenvalue weighted by atomic mass is 10.2. The van der Waals surface area contributed by atoms with Crippen molar-refractivity contribution in [2.24, 2.45) is 0 Å². The SMILES string of the molecule is CCCCN(CCC)C(=O)c1cc(C(C)=O)c[nH]1. The topological polar surface area (TPSA) is 53.2 Å². The number of nitrogens with one attached hydrogen (secondary N) is 1. The van der Waals surface area contributed by atoms with Crippen molar-refractivity contribution in [1.29, 1.82) is 0 Å². The molecule has 0 saturated heterocycles. The van der Waals surface area contributed by atoms with Gasteiger partial charge in [-0.1, -0.05) is 20.3 Å². The van der Waals surface area contributed by atoms with Gasteiger partial charge in [-0.3, -0.25) is 9.59 Å². The molecule has 1 rings (SSSR count). The zero-order valence-corrected chi connectivity index (χ0v) is 11.5. The van der Waals surface area contributed by atoms with Crippen LogP contribution in [0.4, 0.5) is 0 Å². The second kappa shape index (κ2) is 6.99. The Morgan fingerprint density at radius 2 is 1.94 bits per heavy atom. The minimum Gasteiger partial charge on any atom is -0.356 e. The van der Waals surface area contributed by atoms with E-state index in [1.165, 1.54) is 6.92 Å². The number of Topliss-reactive ketones (excluding diaryl/α,β-unsaturated/α-hetero) is 1. The summed E-state index contributed by atoms with van der Waals surface area (Å²) < 4.78 is 0. The van der Waals surface area contributed by atoms with Gasteiger partial charge in [-0.15, -0.1) is 0 Å². The van der Waals surface area contributed by atoms with Gasteiger partial charge < -0.3 is 9.88 Å². The molecule has 0 aliphatic heterocycles. The number of aromatic nitrogens is 1. The fraction of sp³-hybridized carbons (Fsp3) is 0.571. The predicted molar refractivity (Wildman–Crippen MR) is 71.9 cm³/mol. The predicted octanol–water partition coefficient (Wildman–Crippen LogP) is 2.87. The molecule has 0 aliphatic rings. The van der Waals surface area contributed by atoms with Crippen LogP contribution in [0.1, 0.15) is 60.9 Å². The molecule has 0 atom stereocenters. The molecular formula is C14H22N2O2. The van der Waals surface area contributed by atoms with Gasteiger partial charge in [0.2, 0.25) is 0 Å². The van der Waals surface area contributed by atoms with Crippen molar-refractivity contribution in [2.45, 2.75) is 40.0 Å². The minimum absolute atomic E-state index is 0.0159. The molecule has 1 aromatic rings. The first-order chi connectivity index (χ1) is 8.60. The second-order valence-corrected chi connectivity index (χ2v) is 4.50. The summed E-state index contributed by atoms with van der Waals surface area (Å²) in [5.74, 6) is -0.0429. The lowest BCUT2D eigenvalue weighted by Gasteiger charge is -2.21. The third-order valence-corrected chi connectivity index (χ3v) is 2.88. The highest BCUT2D eigenvalue weighted by molar-refractivity contribution is 5.99. The van der Waals surface area contributed by atoms with Gasteiger partial charge in [-0.25, -0.2) is 0 Å². The summed E-state index contributed by atoms with van der Waals surface area (Å²) in [4.78, 5) is 28.2. The maximum atomic E-state index is 12.3. The molecule has 0 aromatic carbocycles.